The summed E-state index contributed by atoms with van der Waals surface area (Å²) in [7, 11) is 0. The number of halogens is 1. The third-order valence-corrected chi connectivity index (χ3v) is 3.03. The van der Waals surface area contributed by atoms with E-state index in [1.807, 2.05) is 18.5 Å². The Kier molecular flexibility index (Phi) is 2.24. The van der Waals surface area contributed by atoms with Crippen molar-refractivity contribution in [3.05, 3.63) is 41.8 Å². The van der Waals surface area contributed by atoms with Gasteiger partial charge in [-0.15, -0.1) is 0 Å². The van der Waals surface area contributed by atoms with Gasteiger partial charge in [0.15, 0.2) is 0 Å². The highest BCUT2D eigenvalue weighted by molar-refractivity contribution is 5.74. The highest BCUT2D eigenvalue weighted by Gasteiger charge is 2.29. The summed E-state index contributed by atoms with van der Waals surface area (Å²) < 4.78 is 13.6. The van der Waals surface area contributed by atoms with Crippen molar-refractivity contribution in [3.8, 4) is 0 Å². The van der Waals surface area contributed by atoms with Crippen LogP contribution in [0.3, 0.4) is 0 Å². The van der Waals surface area contributed by atoms with Crippen LogP contribution in [0.15, 0.2) is 35.5 Å². The molecule has 0 unspecified atom stereocenters. The monoisotopic (exact) mass is 216 g/mol. The molecule has 1 heterocycles. The van der Waals surface area contributed by atoms with Gasteiger partial charge in [0.05, 0.1) is 6.34 Å². The number of hydrogen-bond donors (Lipinski definition) is 0. The van der Waals surface area contributed by atoms with Crippen LogP contribution in [-0.4, -0.2) is 23.8 Å². The SMILES string of the molecule is Fc1ccccc1C1=CN=CN(C2CC2)C1. The van der Waals surface area contributed by atoms with Crippen LogP contribution in [0.2, 0.25) is 0 Å². The molecule has 1 saturated carbocycles. The van der Waals surface area contributed by atoms with Gasteiger partial charge in [-0.1, -0.05) is 18.2 Å². The van der Waals surface area contributed by atoms with Crippen molar-refractivity contribution < 1.29 is 4.39 Å². The van der Waals surface area contributed by atoms with E-state index in [-0.39, 0.29) is 5.82 Å². The Balaban J connectivity index is 1.87. The Labute approximate surface area is 94.1 Å². The van der Waals surface area contributed by atoms with Crippen LogP contribution < -0.4 is 0 Å². The zero-order valence-corrected chi connectivity index (χ0v) is 8.94. The summed E-state index contributed by atoms with van der Waals surface area (Å²) in [5, 5.41) is 0. The van der Waals surface area contributed by atoms with Crippen molar-refractivity contribution in [3.63, 3.8) is 0 Å². The summed E-state index contributed by atoms with van der Waals surface area (Å²) in [4.78, 5) is 6.39. The molecule has 0 radical (unpaired) electrons. The molecule has 0 atom stereocenters. The van der Waals surface area contributed by atoms with Crippen molar-refractivity contribution >= 4 is 11.9 Å². The molecule has 16 heavy (non-hydrogen) atoms. The molecular weight excluding hydrogens is 203 g/mol. The van der Waals surface area contributed by atoms with E-state index in [2.05, 4.69) is 9.89 Å². The first-order valence-corrected chi connectivity index (χ1v) is 5.57. The lowest BCUT2D eigenvalue weighted by Crippen LogP contribution is -2.28. The predicted octanol–water partition coefficient (Wildman–Crippen LogP) is 2.67. The van der Waals surface area contributed by atoms with Crippen molar-refractivity contribution in [1.82, 2.24) is 4.90 Å². The Morgan fingerprint density at radius 2 is 2.06 bits per heavy atom. The van der Waals surface area contributed by atoms with Crippen LogP contribution >= 0.6 is 0 Å². The minimum absolute atomic E-state index is 0.165. The third kappa shape index (κ3) is 1.73. The number of aliphatic imine (C=N–C) groups is 1. The molecule has 1 aromatic rings. The van der Waals surface area contributed by atoms with Crippen LogP contribution in [0, 0.1) is 5.82 Å². The van der Waals surface area contributed by atoms with E-state index < -0.39 is 0 Å². The fourth-order valence-electron chi connectivity index (χ4n) is 1.99. The first-order valence-electron chi connectivity index (χ1n) is 5.57. The first-order chi connectivity index (χ1) is 7.84. The molecule has 1 aliphatic carbocycles. The molecule has 3 rings (SSSR count). The molecule has 0 bridgehead atoms. The van der Waals surface area contributed by atoms with Crippen molar-refractivity contribution in [2.24, 2.45) is 4.99 Å². The zero-order chi connectivity index (χ0) is 11.0. The maximum absolute atomic E-state index is 13.6. The van der Waals surface area contributed by atoms with Gasteiger partial charge >= 0.3 is 0 Å². The fraction of sp³-hybridized carbons (Fsp3) is 0.308. The molecular formula is C13H13FN2. The second kappa shape index (κ2) is 3.74. The van der Waals surface area contributed by atoms with Crippen molar-refractivity contribution in [1.29, 1.82) is 0 Å². The second-order valence-electron chi connectivity index (χ2n) is 4.30. The van der Waals surface area contributed by atoms with Gasteiger partial charge in [0.2, 0.25) is 0 Å². The Morgan fingerprint density at radius 1 is 1.25 bits per heavy atom. The molecule has 3 heteroatoms. The molecule has 0 saturated heterocycles. The lowest BCUT2D eigenvalue weighted by Gasteiger charge is -2.23. The van der Waals surface area contributed by atoms with Gasteiger partial charge in [-0.2, -0.15) is 0 Å². The minimum atomic E-state index is -0.165. The summed E-state index contributed by atoms with van der Waals surface area (Å²) >= 11 is 0. The van der Waals surface area contributed by atoms with Crippen LogP contribution in [0.5, 0.6) is 0 Å². The quantitative estimate of drug-likeness (QED) is 0.742. The normalized spacial score (nSPS) is 19.8. The van der Waals surface area contributed by atoms with E-state index in [1.54, 1.807) is 12.3 Å². The molecule has 0 amide bonds. The molecule has 1 aliphatic heterocycles. The molecule has 82 valence electrons. The maximum Gasteiger partial charge on any atom is 0.130 e. The molecule has 0 spiro atoms. The van der Waals surface area contributed by atoms with E-state index in [9.17, 15) is 4.39 Å². The Morgan fingerprint density at radius 3 is 2.81 bits per heavy atom. The largest absolute Gasteiger partial charge is 0.355 e. The van der Waals surface area contributed by atoms with Gasteiger partial charge in [0, 0.05) is 24.4 Å². The predicted molar refractivity (Wildman–Crippen MR) is 62.6 cm³/mol. The lowest BCUT2D eigenvalue weighted by atomic mass is 10.1. The lowest BCUT2D eigenvalue weighted by molar-refractivity contribution is 0.466. The number of nitrogens with zero attached hydrogens (tertiary/aromatic N) is 2. The van der Waals surface area contributed by atoms with Crippen LogP contribution in [0.4, 0.5) is 4.39 Å². The van der Waals surface area contributed by atoms with Gasteiger partial charge in [0.25, 0.3) is 0 Å². The zero-order valence-electron chi connectivity index (χ0n) is 8.94. The Hall–Kier alpha value is -1.64. The highest BCUT2D eigenvalue weighted by Crippen LogP contribution is 2.30. The summed E-state index contributed by atoms with van der Waals surface area (Å²) in [6.45, 7) is 0.773. The molecule has 1 aromatic carbocycles. The van der Waals surface area contributed by atoms with E-state index in [0.717, 1.165) is 12.1 Å². The summed E-state index contributed by atoms with van der Waals surface area (Å²) in [5.74, 6) is -0.165. The third-order valence-electron chi connectivity index (χ3n) is 3.03. The van der Waals surface area contributed by atoms with E-state index in [0.29, 0.717) is 11.6 Å². The van der Waals surface area contributed by atoms with Crippen LogP contribution in [0.25, 0.3) is 5.57 Å². The van der Waals surface area contributed by atoms with Crippen molar-refractivity contribution in [2.75, 3.05) is 6.54 Å². The number of benzene rings is 1. The smallest absolute Gasteiger partial charge is 0.130 e. The highest BCUT2D eigenvalue weighted by atomic mass is 19.1. The maximum atomic E-state index is 13.6. The van der Waals surface area contributed by atoms with E-state index in [4.69, 9.17) is 0 Å². The molecule has 0 N–H and O–H groups in total. The van der Waals surface area contributed by atoms with Gasteiger partial charge in [0.1, 0.15) is 5.82 Å². The van der Waals surface area contributed by atoms with E-state index in [1.165, 1.54) is 18.9 Å². The molecule has 1 fully saturated rings. The first kappa shape index (κ1) is 9.58. The second-order valence-corrected chi connectivity index (χ2v) is 4.30. The van der Waals surface area contributed by atoms with Gasteiger partial charge < -0.3 is 4.90 Å². The minimum Gasteiger partial charge on any atom is -0.355 e. The molecule has 2 nitrogen and oxygen atoms in total. The number of rotatable bonds is 2. The van der Waals surface area contributed by atoms with Crippen LogP contribution in [-0.2, 0) is 0 Å². The number of hydrogen-bond acceptors (Lipinski definition) is 2. The molecule has 2 aliphatic rings. The average Bonchev–Trinajstić information content (AvgIpc) is 3.14. The Bertz CT molecular complexity index is 461. The van der Waals surface area contributed by atoms with Crippen molar-refractivity contribution in [2.45, 2.75) is 18.9 Å². The average molecular weight is 216 g/mol. The summed E-state index contributed by atoms with van der Waals surface area (Å²) in [6.07, 6.45) is 6.09. The van der Waals surface area contributed by atoms with Gasteiger partial charge in [-0.3, -0.25) is 0 Å². The summed E-state index contributed by atoms with van der Waals surface area (Å²) in [6, 6.07) is 7.51. The van der Waals surface area contributed by atoms with E-state index >= 15 is 0 Å². The van der Waals surface area contributed by atoms with Gasteiger partial charge in [-0.05, 0) is 24.5 Å². The fourth-order valence-corrected chi connectivity index (χ4v) is 1.99. The summed E-state index contributed by atoms with van der Waals surface area (Å²) in [5.41, 5.74) is 1.64. The van der Waals surface area contributed by atoms with Crippen LogP contribution in [0.1, 0.15) is 18.4 Å². The van der Waals surface area contributed by atoms with Gasteiger partial charge in [-0.25, -0.2) is 9.38 Å². The topological polar surface area (TPSA) is 15.6 Å². The molecule has 0 aromatic heterocycles. The standard InChI is InChI=1S/C13H13FN2/c14-13-4-2-1-3-12(13)10-7-15-9-16(8-10)11-5-6-11/h1-4,7,9,11H,5-6,8H2.